The zero-order chi connectivity index (χ0) is 33.8. The number of hydrogen-bond donors (Lipinski definition) is 0. The molecule has 0 fully saturated rings. The number of carbonyl (C=O) groups is 2. The molecule has 46 heavy (non-hydrogen) atoms. The fraction of sp³-hybridized carbons (Fsp3) is 0.951. The lowest BCUT2D eigenvalue weighted by Gasteiger charge is -2.18. The summed E-state index contributed by atoms with van der Waals surface area (Å²) < 4.78 is 11.8. The monoisotopic (exact) mass is 652 g/mol. The van der Waals surface area contributed by atoms with Gasteiger partial charge in [0.05, 0.1) is 6.61 Å². The summed E-state index contributed by atoms with van der Waals surface area (Å²) in [6.07, 6.45) is 35.0. The normalized spacial score (nSPS) is 12.3. The van der Waals surface area contributed by atoms with Crippen LogP contribution >= 0.6 is 0 Å². The molecule has 274 valence electrons. The van der Waals surface area contributed by atoms with Crippen LogP contribution in [0.25, 0.3) is 0 Å². The van der Waals surface area contributed by atoms with E-state index >= 15 is 0 Å². The molecule has 0 saturated heterocycles. The van der Waals surface area contributed by atoms with Gasteiger partial charge in [-0.15, -0.1) is 0 Å². The van der Waals surface area contributed by atoms with Crippen LogP contribution in [0.3, 0.4) is 0 Å². The van der Waals surface area contributed by atoms with Gasteiger partial charge < -0.3 is 19.2 Å². The zero-order valence-electron chi connectivity index (χ0n) is 31.6. The molecule has 0 amide bonds. The van der Waals surface area contributed by atoms with Crippen LogP contribution < -0.4 is 0 Å². The lowest BCUT2D eigenvalue weighted by molar-refractivity contribution is -0.144. The SMILES string of the molecule is CCCCCC(CCCCC)CCOC(=O)CCCCCCCCCC(CCCCCCCCCC=O)COCCCN(C)CC. The molecule has 5 nitrogen and oxygen atoms in total. The Morgan fingerprint density at radius 3 is 1.63 bits per heavy atom. The summed E-state index contributed by atoms with van der Waals surface area (Å²) in [5.74, 6) is 1.44. The largest absolute Gasteiger partial charge is 0.466 e. The molecule has 0 aromatic carbocycles. The average Bonchev–Trinajstić information content (AvgIpc) is 3.06. The van der Waals surface area contributed by atoms with Gasteiger partial charge in [0, 0.05) is 32.6 Å². The van der Waals surface area contributed by atoms with Crippen LogP contribution in [0.5, 0.6) is 0 Å². The quantitative estimate of drug-likeness (QED) is 0.0378. The van der Waals surface area contributed by atoms with Gasteiger partial charge in [0.2, 0.25) is 0 Å². The highest BCUT2D eigenvalue weighted by molar-refractivity contribution is 5.69. The summed E-state index contributed by atoms with van der Waals surface area (Å²) in [5, 5.41) is 0. The Morgan fingerprint density at radius 1 is 0.587 bits per heavy atom. The summed E-state index contributed by atoms with van der Waals surface area (Å²) in [5.41, 5.74) is 0. The number of nitrogens with zero attached hydrogens (tertiary/aromatic N) is 1. The van der Waals surface area contributed by atoms with E-state index in [1.165, 1.54) is 135 Å². The number of ether oxygens (including phenoxy) is 2. The Balaban J connectivity index is 4.01. The highest BCUT2D eigenvalue weighted by Gasteiger charge is 2.11. The molecule has 5 heteroatoms. The lowest BCUT2D eigenvalue weighted by Crippen LogP contribution is -2.20. The topological polar surface area (TPSA) is 55.8 Å². The minimum absolute atomic E-state index is 0.0149. The standard InChI is InChI=1S/C41H81NO4/c1-5-8-21-28-39(29-22-9-6-2)33-37-46-41(44)32-25-19-15-12-14-18-24-31-40(38-45-36-27-34-42(4)7-3)30-23-17-13-10-11-16-20-26-35-43/h35,39-40H,5-34,36-38H2,1-4H3. The average molecular weight is 652 g/mol. The lowest BCUT2D eigenvalue weighted by atomic mass is 9.92. The van der Waals surface area contributed by atoms with Crippen molar-refractivity contribution < 1.29 is 19.1 Å². The molecule has 0 aliphatic rings. The van der Waals surface area contributed by atoms with Crippen molar-refractivity contribution >= 4 is 12.3 Å². The number of esters is 1. The Bertz CT molecular complexity index is 618. The Morgan fingerprint density at radius 2 is 1.09 bits per heavy atom. The molecule has 0 aliphatic heterocycles. The second-order valence-corrected chi connectivity index (χ2v) is 14.3. The van der Waals surface area contributed by atoms with Gasteiger partial charge in [-0.3, -0.25) is 4.79 Å². The van der Waals surface area contributed by atoms with Crippen molar-refractivity contribution in [3.05, 3.63) is 0 Å². The molecule has 0 saturated carbocycles. The molecule has 0 bridgehead atoms. The van der Waals surface area contributed by atoms with Gasteiger partial charge in [0.1, 0.15) is 6.29 Å². The van der Waals surface area contributed by atoms with Crippen LogP contribution in [-0.2, 0) is 19.1 Å². The Kier molecular flexibility index (Phi) is 36.1. The van der Waals surface area contributed by atoms with Crippen molar-refractivity contribution in [3.8, 4) is 0 Å². The Hall–Kier alpha value is -0.940. The summed E-state index contributed by atoms with van der Waals surface area (Å²) in [4.78, 5) is 25.1. The smallest absolute Gasteiger partial charge is 0.305 e. The van der Waals surface area contributed by atoms with Crippen LogP contribution in [0, 0.1) is 11.8 Å². The van der Waals surface area contributed by atoms with E-state index in [0.717, 1.165) is 77.0 Å². The van der Waals surface area contributed by atoms with Crippen LogP contribution in [0.4, 0.5) is 0 Å². The van der Waals surface area contributed by atoms with Gasteiger partial charge in [0.15, 0.2) is 0 Å². The molecule has 0 heterocycles. The van der Waals surface area contributed by atoms with Crippen molar-refractivity contribution in [2.45, 2.75) is 201 Å². The number of unbranched alkanes of at least 4 members (excludes halogenated alkanes) is 17. The van der Waals surface area contributed by atoms with E-state index in [-0.39, 0.29) is 5.97 Å². The van der Waals surface area contributed by atoms with Gasteiger partial charge in [-0.2, -0.15) is 0 Å². The minimum Gasteiger partial charge on any atom is -0.466 e. The third-order valence-electron chi connectivity index (χ3n) is 9.87. The first-order valence-corrected chi connectivity index (χ1v) is 20.4. The fourth-order valence-corrected chi connectivity index (χ4v) is 6.50. The minimum atomic E-state index is 0.0149. The third kappa shape index (κ3) is 33.0. The van der Waals surface area contributed by atoms with E-state index < -0.39 is 0 Å². The van der Waals surface area contributed by atoms with Crippen LogP contribution in [0.15, 0.2) is 0 Å². The first kappa shape index (κ1) is 45.1. The number of carbonyl (C=O) groups excluding carboxylic acids is 2. The molecule has 0 aromatic heterocycles. The third-order valence-corrected chi connectivity index (χ3v) is 9.87. The molecule has 1 unspecified atom stereocenters. The summed E-state index contributed by atoms with van der Waals surface area (Å²) >= 11 is 0. The predicted octanol–water partition coefficient (Wildman–Crippen LogP) is 11.9. The summed E-state index contributed by atoms with van der Waals surface area (Å²) in [6.45, 7) is 11.4. The molecule has 0 rings (SSSR count). The van der Waals surface area contributed by atoms with E-state index in [9.17, 15) is 9.59 Å². The Labute approximate surface area is 288 Å². The van der Waals surface area contributed by atoms with Crippen LogP contribution in [0.2, 0.25) is 0 Å². The van der Waals surface area contributed by atoms with Crippen molar-refractivity contribution in [1.82, 2.24) is 4.90 Å². The van der Waals surface area contributed by atoms with Gasteiger partial charge >= 0.3 is 5.97 Å². The second-order valence-electron chi connectivity index (χ2n) is 14.3. The van der Waals surface area contributed by atoms with Gasteiger partial charge in [0.25, 0.3) is 0 Å². The fourth-order valence-electron chi connectivity index (χ4n) is 6.50. The number of aldehydes is 1. The summed E-state index contributed by atoms with van der Waals surface area (Å²) in [7, 11) is 2.18. The number of rotatable bonds is 38. The molecule has 0 aliphatic carbocycles. The van der Waals surface area contributed by atoms with E-state index in [1.807, 2.05) is 0 Å². The van der Waals surface area contributed by atoms with E-state index in [4.69, 9.17) is 9.47 Å². The number of hydrogen-bond acceptors (Lipinski definition) is 5. The van der Waals surface area contributed by atoms with Gasteiger partial charge in [-0.05, 0) is 64.0 Å². The van der Waals surface area contributed by atoms with E-state index in [2.05, 4.69) is 32.7 Å². The van der Waals surface area contributed by atoms with Gasteiger partial charge in [-0.25, -0.2) is 0 Å². The van der Waals surface area contributed by atoms with E-state index in [1.54, 1.807) is 0 Å². The molecule has 0 N–H and O–H groups in total. The molecule has 0 aromatic rings. The van der Waals surface area contributed by atoms with Crippen molar-refractivity contribution in [2.75, 3.05) is 40.0 Å². The highest BCUT2D eigenvalue weighted by Crippen LogP contribution is 2.22. The molecule has 0 spiro atoms. The molecule has 0 radical (unpaired) electrons. The maximum atomic E-state index is 12.3. The van der Waals surface area contributed by atoms with Crippen LogP contribution in [-0.4, -0.2) is 57.1 Å². The summed E-state index contributed by atoms with van der Waals surface area (Å²) in [6, 6.07) is 0. The molecular weight excluding hydrogens is 570 g/mol. The maximum Gasteiger partial charge on any atom is 0.305 e. The van der Waals surface area contributed by atoms with Gasteiger partial charge in [-0.1, -0.05) is 149 Å². The van der Waals surface area contributed by atoms with E-state index in [0.29, 0.717) is 18.9 Å². The maximum absolute atomic E-state index is 12.3. The second kappa shape index (κ2) is 36.9. The predicted molar refractivity (Wildman–Crippen MR) is 199 cm³/mol. The van der Waals surface area contributed by atoms with Crippen molar-refractivity contribution in [1.29, 1.82) is 0 Å². The molecular formula is C41H81NO4. The molecule has 1 atom stereocenters. The van der Waals surface area contributed by atoms with Crippen LogP contribution in [0.1, 0.15) is 201 Å². The first-order chi connectivity index (χ1) is 22.6. The highest BCUT2D eigenvalue weighted by atomic mass is 16.5. The first-order valence-electron chi connectivity index (χ1n) is 20.4. The van der Waals surface area contributed by atoms with Crippen molar-refractivity contribution in [2.24, 2.45) is 11.8 Å². The zero-order valence-corrected chi connectivity index (χ0v) is 31.6. The van der Waals surface area contributed by atoms with Crippen molar-refractivity contribution in [3.63, 3.8) is 0 Å².